The van der Waals surface area contributed by atoms with Crippen LogP contribution in [0.1, 0.15) is 27.2 Å². The highest BCUT2D eigenvalue weighted by Crippen LogP contribution is 2.09. The van der Waals surface area contributed by atoms with Gasteiger partial charge in [-0.15, -0.1) is 0 Å². The highest BCUT2D eigenvalue weighted by Gasteiger charge is 2.19. The zero-order valence-electron chi connectivity index (χ0n) is 13.9. The van der Waals surface area contributed by atoms with Gasteiger partial charge in [-0.05, 0) is 45.5 Å². The van der Waals surface area contributed by atoms with Gasteiger partial charge in [-0.3, -0.25) is 4.79 Å². The first kappa shape index (κ1) is 17.7. The highest BCUT2D eigenvalue weighted by molar-refractivity contribution is 5.94. The maximum atomic E-state index is 12.2. The number of rotatable bonds is 8. The summed E-state index contributed by atoms with van der Waals surface area (Å²) in [7, 11) is 4.12. The van der Waals surface area contributed by atoms with E-state index in [1.54, 1.807) is 0 Å². The fourth-order valence-electron chi connectivity index (χ4n) is 2.41. The average Bonchev–Trinajstić information content (AvgIpc) is 2.38. The van der Waals surface area contributed by atoms with E-state index in [0.717, 1.165) is 18.7 Å². The first-order valence-corrected chi connectivity index (χ1v) is 7.65. The Balaban J connectivity index is 2.55. The van der Waals surface area contributed by atoms with Crippen molar-refractivity contribution in [3.8, 4) is 0 Å². The summed E-state index contributed by atoms with van der Waals surface area (Å²) in [6, 6.07) is 9.67. The summed E-state index contributed by atoms with van der Waals surface area (Å²) in [6.45, 7) is 7.26. The van der Waals surface area contributed by atoms with Crippen LogP contribution in [0.5, 0.6) is 0 Å². The Labute approximate surface area is 128 Å². The second kappa shape index (κ2) is 8.80. The van der Waals surface area contributed by atoms with Crippen LogP contribution < -0.4 is 10.6 Å². The third-order valence-corrected chi connectivity index (χ3v) is 3.26. The van der Waals surface area contributed by atoms with Crippen LogP contribution in [0, 0.1) is 5.92 Å². The van der Waals surface area contributed by atoms with Crippen LogP contribution in [0.3, 0.4) is 0 Å². The molecule has 0 fully saturated rings. The van der Waals surface area contributed by atoms with Crippen molar-refractivity contribution in [2.24, 2.45) is 5.92 Å². The summed E-state index contributed by atoms with van der Waals surface area (Å²) in [6.07, 6.45) is 1.06. The summed E-state index contributed by atoms with van der Waals surface area (Å²) in [5.41, 5.74) is 0.837. The second-order valence-electron chi connectivity index (χ2n) is 6.33. The third kappa shape index (κ3) is 7.25. The van der Waals surface area contributed by atoms with Crippen molar-refractivity contribution in [2.45, 2.75) is 39.3 Å². The standard InChI is InChI=1S/C17H29N3O/c1-13(2)11-16(12-20(4)5)18-14(3)17(21)19-15-9-7-6-8-10-15/h6-10,13-14,16,18H,11-12H2,1-5H3,(H,19,21). The predicted molar refractivity (Wildman–Crippen MR) is 89.5 cm³/mol. The summed E-state index contributed by atoms with van der Waals surface area (Å²) in [5, 5.41) is 6.38. The Morgan fingerprint density at radius 1 is 1.14 bits per heavy atom. The maximum Gasteiger partial charge on any atom is 0.241 e. The van der Waals surface area contributed by atoms with E-state index < -0.39 is 0 Å². The quantitative estimate of drug-likeness (QED) is 0.774. The molecule has 0 spiro atoms. The van der Waals surface area contributed by atoms with E-state index in [-0.39, 0.29) is 11.9 Å². The molecule has 0 aliphatic heterocycles. The number of hydrogen-bond acceptors (Lipinski definition) is 3. The van der Waals surface area contributed by atoms with Crippen molar-refractivity contribution in [2.75, 3.05) is 26.0 Å². The zero-order valence-corrected chi connectivity index (χ0v) is 13.9. The Bertz CT molecular complexity index is 407. The molecule has 2 unspecified atom stereocenters. The lowest BCUT2D eigenvalue weighted by Crippen LogP contribution is -2.48. The van der Waals surface area contributed by atoms with E-state index in [0.29, 0.717) is 12.0 Å². The monoisotopic (exact) mass is 291 g/mol. The first-order chi connectivity index (χ1) is 9.88. The molecule has 0 saturated carbocycles. The van der Waals surface area contributed by atoms with Crippen LogP contribution in [0.15, 0.2) is 30.3 Å². The minimum absolute atomic E-state index is 0.00807. The molecule has 0 aromatic heterocycles. The van der Waals surface area contributed by atoms with Crippen LogP contribution in [-0.4, -0.2) is 43.5 Å². The molecule has 1 amide bonds. The molecular formula is C17H29N3O. The molecule has 2 atom stereocenters. The van der Waals surface area contributed by atoms with Crippen LogP contribution >= 0.6 is 0 Å². The normalized spacial score (nSPS) is 14.2. The number of likely N-dealkylation sites (N-methyl/N-ethyl adjacent to an activating group) is 1. The van der Waals surface area contributed by atoms with Gasteiger partial charge in [0.25, 0.3) is 0 Å². The van der Waals surface area contributed by atoms with Crippen LogP contribution in [0.4, 0.5) is 5.69 Å². The molecular weight excluding hydrogens is 262 g/mol. The predicted octanol–water partition coefficient (Wildman–Crippen LogP) is 2.58. The average molecular weight is 291 g/mol. The number of carbonyl (C=O) groups is 1. The number of nitrogens with one attached hydrogen (secondary N) is 2. The van der Waals surface area contributed by atoms with Crippen molar-refractivity contribution in [3.63, 3.8) is 0 Å². The molecule has 118 valence electrons. The molecule has 21 heavy (non-hydrogen) atoms. The molecule has 0 aliphatic carbocycles. The molecule has 0 radical (unpaired) electrons. The van der Waals surface area contributed by atoms with Gasteiger partial charge in [0.2, 0.25) is 5.91 Å². The van der Waals surface area contributed by atoms with Gasteiger partial charge in [-0.25, -0.2) is 0 Å². The van der Waals surface area contributed by atoms with Gasteiger partial charge in [-0.2, -0.15) is 0 Å². The number of anilines is 1. The fraction of sp³-hybridized carbons (Fsp3) is 0.588. The van der Waals surface area contributed by atoms with E-state index >= 15 is 0 Å². The molecule has 1 rings (SSSR count). The van der Waals surface area contributed by atoms with E-state index in [2.05, 4.69) is 43.5 Å². The van der Waals surface area contributed by atoms with Gasteiger partial charge in [0.15, 0.2) is 0 Å². The van der Waals surface area contributed by atoms with Gasteiger partial charge in [0, 0.05) is 18.3 Å². The van der Waals surface area contributed by atoms with Gasteiger partial charge in [0.05, 0.1) is 6.04 Å². The lowest BCUT2D eigenvalue weighted by atomic mass is 10.0. The zero-order chi connectivity index (χ0) is 15.8. The van der Waals surface area contributed by atoms with Crippen molar-refractivity contribution < 1.29 is 4.79 Å². The van der Waals surface area contributed by atoms with E-state index in [1.807, 2.05) is 37.3 Å². The van der Waals surface area contributed by atoms with E-state index in [1.165, 1.54) is 0 Å². The van der Waals surface area contributed by atoms with Crippen molar-refractivity contribution in [3.05, 3.63) is 30.3 Å². The first-order valence-electron chi connectivity index (χ1n) is 7.65. The fourth-order valence-corrected chi connectivity index (χ4v) is 2.41. The molecule has 0 aliphatic rings. The Hall–Kier alpha value is -1.39. The second-order valence-corrected chi connectivity index (χ2v) is 6.33. The molecule has 4 heteroatoms. The minimum atomic E-state index is -0.214. The SMILES string of the molecule is CC(C)CC(CN(C)C)NC(C)C(=O)Nc1ccccc1. The summed E-state index contributed by atoms with van der Waals surface area (Å²) in [4.78, 5) is 14.4. The Morgan fingerprint density at radius 3 is 2.29 bits per heavy atom. The van der Waals surface area contributed by atoms with E-state index in [9.17, 15) is 4.79 Å². The van der Waals surface area contributed by atoms with Crippen LogP contribution in [0.2, 0.25) is 0 Å². The highest BCUT2D eigenvalue weighted by atomic mass is 16.2. The van der Waals surface area contributed by atoms with Gasteiger partial charge in [0.1, 0.15) is 0 Å². The maximum absolute atomic E-state index is 12.2. The topological polar surface area (TPSA) is 44.4 Å². The molecule has 0 saturated heterocycles. The molecule has 1 aromatic carbocycles. The Morgan fingerprint density at radius 2 is 1.76 bits per heavy atom. The smallest absolute Gasteiger partial charge is 0.241 e. The molecule has 0 heterocycles. The minimum Gasteiger partial charge on any atom is -0.325 e. The molecule has 4 nitrogen and oxygen atoms in total. The molecule has 0 bridgehead atoms. The number of amides is 1. The van der Waals surface area contributed by atoms with Gasteiger partial charge < -0.3 is 15.5 Å². The van der Waals surface area contributed by atoms with Crippen molar-refractivity contribution >= 4 is 11.6 Å². The third-order valence-electron chi connectivity index (χ3n) is 3.26. The largest absolute Gasteiger partial charge is 0.325 e. The van der Waals surface area contributed by atoms with Crippen LogP contribution in [-0.2, 0) is 4.79 Å². The summed E-state index contributed by atoms with van der Waals surface area (Å²) >= 11 is 0. The summed E-state index contributed by atoms with van der Waals surface area (Å²) < 4.78 is 0. The lowest BCUT2D eigenvalue weighted by molar-refractivity contribution is -0.118. The van der Waals surface area contributed by atoms with Gasteiger partial charge in [-0.1, -0.05) is 32.0 Å². The lowest BCUT2D eigenvalue weighted by Gasteiger charge is -2.27. The molecule has 1 aromatic rings. The number of benzene rings is 1. The van der Waals surface area contributed by atoms with Crippen molar-refractivity contribution in [1.82, 2.24) is 10.2 Å². The van der Waals surface area contributed by atoms with E-state index in [4.69, 9.17) is 0 Å². The Kier molecular flexibility index (Phi) is 7.40. The molecule has 2 N–H and O–H groups in total. The van der Waals surface area contributed by atoms with Crippen molar-refractivity contribution in [1.29, 1.82) is 0 Å². The van der Waals surface area contributed by atoms with Crippen LogP contribution in [0.25, 0.3) is 0 Å². The number of hydrogen-bond donors (Lipinski definition) is 2. The number of carbonyl (C=O) groups excluding carboxylic acids is 1. The number of nitrogens with zero attached hydrogens (tertiary/aromatic N) is 1. The summed E-state index contributed by atoms with van der Waals surface area (Å²) in [5.74, 6) is 0.612. The number of para-hydroxylation sites is 1. The van der Waals surface area contributed by atoms with Gasteiger partial charge >= 0.3 is 0 Å².